The first-order valence-electron chi connectivity index (χ1n) is 26.5. The van der Waals surface area contributed by atoms with E-state index >= 15 is 0 Å². The normalized spacial score (nSPS) is 16.5. The van der Waals surface area contributed by atoms with E-state index in [9.17, 15) is 44.1 Å². The highest BCUT2D eigenvalue weighted by Crippen LogP contribution is 2.32. The van der Waals surface area contributed by atoms with Crippen molar-refractivity contribution in [3.05, 3.63) is 239 Å². The van der Waals surface area contributed by atoms with E-state index in [0.29, 0.717) is 50.3 Å². The average Bonchev–Trinajstić information content (AvgIpc) is 4.54. The number of phenolic OH excluding ortho intramolecular Hbond substituents is 3. The Kier molecular flexibility index (Phi) is 17.0. The van der Waals surface area contributed by atoms with Gasteiger partial charge in [0.2, 0.25) is 6.10 Å². The topological polar surface area (TPSA) is 244 Å². The van der Waals surface area contributed by atoms with Gasteiger partial charge in [-0.1, -0.05) is 127 Å². The minimum atomic E-state index is -0.934. The molecule has 18 nitrogen and oxygen atoms in total. The first-order chi connectivity index (χ1) is 39.8. The molecule has 3 saturated heterocycles. The van der Waals surface area contributed by atoms with E-state index in [0.717, 1.165) is 56.2 Å². The molecular formula is C64H56N6O12. The Morgan fingerprint density at radius 3 is 1.29 bits per heavy atom. The first kappa shape index (κ1) is 55.1. The number of ether oxygens (including phenoxy) is 3. The highest BCUT2D eigenvalue weighted by Gasteiger charge is 2.39. The van der Waals surface area contributed by atoms with Crippen LogP contribution in [0.4, 0.5) is 0 Å². The van der Waals surface area contributed by atoms with Gasteiger partial charge in [0.15, 0.2) is 29.6 Å². The second kappa shape index (κ2) is 25.3. The van der Waals surface area contributed by atoms with E-state index in [1.807, 2.05) is 123 Å². The van der Waals surface area contributed by atoms with Gasteiger partial charge in [0.05, 0.1) is 41.8 Å². The second-order valence-electron chi connectivity index (χ2n) is 20.0. The quantitative estimate of drug-likeness (QED) is 0.0469. The van der Waals surface area contributed by atoms with Crippen LogP contribution in [0.2, 0.25) is 0 Å². The number of rotatable bonds is 16. The van der Waals surface area contributed by atoms with Gasteiger partial charge in [-0.15, -0.1) is 0 Å². The lowest BCUT2D eigenvalue weighted by Gasteiger charge is -2.15. The highest BCUT2D eigenvalue weighted by molar-refractivity contribution is 6.04. The number of cyclic esters (lactones) is 3. The lowest BCUT2D eigenvalue weighted by Crippen LogP contribution is -2.21. The predicted molar refractivity (Wildman–Crippen MR) is 297 cm³/mol. The third-order valence-electron chi connectivity index (χ3n) is 14.0. The van der Waals surface area contributed by atoms with Gasteiger partial charge in [-0.25, -0.2) is 15.0 Å². The Hall–Kier alpha value is -10.2. The van der Waals surface area contributed by atoms with Crippen molar-refractivity contribution in [2.24, 2.45) is 0 Å². The molecule has 18 heteroatoms. The van der Waals surface area contributed by atoms with Crippen LogP contribution in [-0.2, 0) is 88.3 Å². The van der Waals surface area contributed by atoms with Crippen LogP contribution in [0.3, 0.4) is 0 Å². The van der Waals surface area contributed by atoms with Crippen molar-refractivity contribution in [3.63, 3.8) is 0 Å². The lowest BCUT2D eigenvalue weighted by molar-refractivity contribution is -0.143. The number of hydrogen-bond acceptors (Lipinski definition) is 15. The Balaban J connectivity index is 0.000000138. The maximum absolute atomic E-state index is 12.3. The van der Waals surface area contributed by atoms with Crippen molar-refractivity contribution < 1.29 is 58.3 Å². The van der Waals surface area contributed by atoms with Crippen molar-refractivity contribution in [3.8, 4) is 28.5 Å². The summed E-state index contributed by atoms with van der Waals surface area (Å²) in [7, 11) is 0. The number of benzene rings is 6. The van der Waals surface area contributed by atoms with Crippen molar-refractivity contribution >= 4 is 35.3 Å². The summed E-state index contributed by atoms with van der Waals surface area (Å²) >= 11 is 0. The summed E-state index contributed by atoms with van der Waals surface area (Å²) in [4.78, 5) is 84.7. The number of aromatic hydroxyl groups is 3. The molecular weight excluding hydrogens is 1040 g/mol. The van der Waals surface area contributed by atoms with Gasteiger partial charge in [0, 0.05) is 62.3 Å². The molecule has 414 valence electrons. The lowest BCUT2D eigenvalue weighted by atomic mass is 10.0. The summed E-state index contributed by atoms with van der Waals surface area (Å²) in [5, 5.41) is 29.1. The molecule has 3 N–H and O–H groups in total. The predicted octanol–water partition coefficient (Wildman–Crippen LogP) is 8.17. The van der Waals surface area contributed by atoms with Crippen LogP contribution in [0.25, 0.3) is 11.3 Å². The van der Waals surface area contributed by atoms with E-state index in [1.165, 1.54) is 0 Å². The Morgan fingerprint density at radius 2 is 0.817 bits per heavy atom. The number of ketones is 3. The maximum atomic E-state index is 12.3. The third-order valence-corrected chi connectivity index (χ3v) is 14.0. The van der Waals surface area contributed by atoms with E-state index < -0.39 is 36.2 Å². The molecule has 0 radical (unpaired) electrons. The molecule has 0 spiro atoms. The Bertz CT molecular complexity index is 3780. The summed E-state index contributed by atoms with van der Waals surface area (Å²) in [5.74, 6) is -1.57. The van der Waals surface area contributed by atoms with E-state index in [2.05, 4.69) is 15.0 Å². The maximum Gasteiger partial charge on any atom is 0.314 e. The number of hydrogen-bond donors (Lipinski definition) is 3. The van der Waals surface area contributed by atoms with Crippen LogP contribution in [0.1, 0.15) is 81.7 Å². The second-order valence-corrected chi connectivity index (χ2v) is 20.0. The minimum Gasteiger partial charge on any atom is -0.508 e. The first-order valence-corrected chi connectivity index (χ1v) is 26.5. The molecule has 3 aliphatic rings. The third kappa shape index (κ3) is 13.8. The number of esters is 3. The van der Waals surface area contributed by atoms with E-state index in [-0.39, 0.29) is 60.3 Å². The smallest absolute Gasteiger partial charge is 0.314 e. The van der Waals surface area contributed by atoms with Gasteiger partial charge in [0.1, 0.15) is 36.5 Å². The van der Waals surface area contributed by atoms with Crippen LogP contribution in [-0.4, -0.2) is 91.4 Å². The summed E-state index contributed by atoms with van der Waals surface area (Å²) < 4.78 is 21.4. The van der Waals surface area contributed by atoms with Gasteiger partial charge in [-0.05, 0) is 64.2 Å². The van der Waals surface area contributed by atoms with Crippen molar-refractivity contribution in [1.29, 1.82) is 0 Å². The van der Waals surface area contributed by atoms with Gasteiger partial charge < -0.3 is 43.2 Å². The largest absolute Gasteiger partial charge is 0.508 e. The fourth-order valence-corrected chi connectivity index (χ4v) is 10.1. The van der Waals surface area contributed by atoms with Gasteiger partial charge in [0.25, 0.3) is 0 Å². The molecule has 0 bridgehead atoms. The minimum absolute atomic E-state index is 0.167. The molecule has 6 heterocycles. The fraction of sp³-hybridized carbons (Fsp3) is 0.203. The van der Waals surface area contributed by atoms with Crippen molar-refractivity contribution in [2.75, 3.05) is 0 Å². The zero-order valence-corrected chi connectivity index (χ0v) is 44.3. The SMILES string of the molecule is O=C1CC(=O)C(Cc2c(-c3ccccc3)ncn2Cc2cccc(O)c2)O1.O=C1CC(=O)C(Cc2c(Cc3ccccc3)ncn2Cc2cccc(O)c2)O1.O=C1CC(=O)C(c2c(Cc3ccccc3)ncn2Cc2cccc(O)c2)O1. The molecule has 3 atom stereocenters. The standard InChI is InChI=1S/C22H20N2O4.2C21H18N2O4/c25-17-8-4-7-16(9-17)13-24-14-23-18(10-15-5-2-1-3-6-15)19(24)11-21-20(26)12-22(27)28-21;24-16-8-4-5-14(9-16)12-23-13-22-21(15-6-2-1-3-7-15)17(23)10-19-18(25)11-20(26)27-19;24-16-8-4-7-15(9-16)12-23-13-22-17(10-14-5-2-1-3-6-14)20(23)21-18(25)11-19(26)27-21/h1-9,14,21,25H,10-13H2;1-9,13,19,24H,10-12H2;1-9,13,21,24H,10-12H2. The van der Waals surface area contributed by atoms with Gasteiger partial charge in [-0.3, -0.25) is 28.8 Å². The zero-order valence-electron chi connectivity index (χ0n) is 44.3. The molecule has 3 unspecified atom stereocenters. The average molecular weight is 1100 g/mol. The number of carbonyl (C=O) groups excluding carboxylic acids is 6. The van der Waals surface area contributed by atoms with Gasteiger partial charge >= 0.3 is 17.9 Å². The summed E-state index contributed by atoms with van der Waals surface area (Å²) in [6, 6.07) is 50.3. The molecule has 0 saturated carbocycles. The fourth-order valence-electron chi connectivity index (χ4n) is 10.1. The molecule has 0 aliphatic carbocycles. The van der Waals surface area contributed by atoms with Crippen molar-refractivity contribution in [1.82, 2.24) is 28.7 Å². The number of imidazole rings is 3. The van der Waals surface area contributed by atoms with Crippen LogP contribution in [0.5, 0.6) is 17.2 Å². The molecule has 0 amide bonds. The molecule has 9 aromatic rings. The summed E-state index contributed by atoms with van der Waals surface area (Å²) in [6.45, 7) is 1.39. The summed E-state index contributed by atoms with van der Waals surface area (Å²) in [5.41, 5.74) is 10.4. The zero-order chi connectivity index (χ0) is 57.1. The molecule has 3 fully saturated rings. The van der Waals surface area contributed by atoms with Crippen LogP contribution >= 0.6 is 0 Å². The number of Topliss-reactive ketones (excluding diaryl/α,β-unsaturated/α-hetero) is 3. The summed E-state index contributed by atoms with van der Waals surface area (Å²) in [6.07, 6.45) is 3.79. The monoisotopic (exact) mass is 1100 g/mol. The van der Waals surface area contributed by atoms with Crippen molar-refractivity contribution in [2.45, 2.75) is 82.9 Å². The highest BCUT2D eigenvalue weighted by atomic mass is 16.6. The van der Waals surface area contributed by atoms with E-state index in [1.54, 1.807) is 73.6 Å². The molecule has 6 aromatic carbocycles. The van der Waals surface area contributed by atoms with Gasteiger partial charge in [-0.2, -0.15) is 0 Å². The molecule has 82 heavy (non-hydrogen) atoms. The number of carbonyl (C=O) groups is 6. The molecule has 12 rings (SSSR count). The number of aromatic nitrogens is 6. The Morgan fingerprint density at radius 1 is 0.415 bits per heavy atom. The van der Waals surface area contributed by atoms with Crippen LogP contribution in [0, 0.1) is 0 Å². The molecule has 3 aliphatic heterocycles. The number of nitrogens with zero attached hydrogens (tertiary/aromatic N) is 6. The molecule has 3 aromatic heterocycles. The van der Waals surface area contributed by atoms with Crippen LogP contribution < -0.4 is 0 Å². The number of phenols is 3. The van der Waals surface area contributed by atoms with Crippen LogP contribution in [0.15, 0.2) is 183 Å². The Labute approximate surface area is 470 Å². The van der Waals surface area contributed by atoms with E-state index in [4.69, 9.17) is 14.2 Å².